The minimum absolute atomic E-state index is 0.0130. The van der Waals surface area contributed by atoms with Crippen LogP contribution in [-0.2, 0) is 16.6 Å². The Balaban J connectivity index is 2.32. The van der Waals surface area contributed by atoms with Gasteiger partial charge in [-0.2, -0.15) is 0 Å². The molecule has 0 radical (unpaired) electrons. The van der Waals surface area contributed by atoms with Crippen LogP contribution in [0.4, 0.5) is 0 Å². The maximum absolute atomic E-state index is 12.1. The molecular formula is C11H12N4O4S. The fourth-order valence-corrected chi connectivity index (χ4v) is 2.91. The van der Waals surface area contributed by atoms with Gasteiger partial charge in [0.2, 0.25) is 10.0 Å². The lowest BCUT2D eigenvalue weighted by Crippen LogP contribution is -2.34. The molecule has 20 heavy (non-hydrogen) atoms. The van der Waals surface area contributed by atoms with Gasteiger partial charge in [0.25, 0.3) is 5.56 Å². The van der Waals surface area contributed by atoms with E-state index in [1.54, 1.807) is 12.1 Å². The van der Waals surface area contributed by atoms with Crippen molar-refractivity contribution in [3.05, 3.63) is 56.6 Å². The van der Waals surface area contributed by atoms with E-state index < -0.39 is 26.2 Å². The molecule has 0 aliphatic heterocycles. The van der Waals surface area contributed by atoms with Gasteiger partial charge in [-0.1, -0.05) is 0 Å². The molecule has 3 N–H and O–H groups in total. The topological polar surface area (TPSA) is 125 Å². The van der Waals surface area contributed by atoms with Crippen molar-refractivity contribution >= 4 is 10.0 Å². The monoisotopic (exact) mass is 296 g/mol. The zero-order chi connectivity index (χ0) is 14.8. The summed E-state index contributed by atoms with van der Waals surface area (Å²) in [4.78, 5) is 30.1. The van der Waals surface area contributed by atoms with Crippen LogP contribution in [0.2, 0.25) is 0 Å². The number of aromatic amines is 2. The van der Waals surface area contributed by atoms with Gasteiger partial charge < -0.3 is 4.98 Å². The van der Waals surface area contributed by atoms with Gasteiger partial charge in [0.1, 0.15) is 0 Å². The molecule has 9 heteroatoms. The van der Waals surface area contributed by atoms with Crippen LogP contribution in [0.15, 0.2) is 39.0 Å². The van der Waals surface area contributed by atoms with Crippen molar-refractivity contribution in [2.45, 2.75) is 18.4 Å². The highest BCUT2D eigenvalue weighted by atomic mass is 32.2. The van der Waals surface area contributed by atoms with Crippen molar-refractivity contribution in [3.8, 4) is 0 Å². The molecule has 0 aliphatic carbocycles. The summed E-state index contributed by atoms with van der Waals surface area (Å²) in [6, 6.07) is 3.29. The summed E-state index contributed by atoms with van der Waals surface area (Å²) in [6.45, 7) is 1.36. The first-order chi connectivity index (χ1) is 9.40. The van der Waals surface area contributed by atoms with Crippen LogP contribution < -0.4 is 16.0 Å². The molecule has 0 bridgehead atoms. The number of hydrogen-bond acceptors (Lipinski definition) is 5. The van der Waals surface area contributed by atoms with Gasteiger partial charge in [-0.05, 0) is 24.6 Å². The van der Waals surface area contributed by atoms with E-state index in [-0.39, 0.29) is 12.2 Å². The molecule has 2 heterocycles. The fraction of sp³-hybridized carbons (Fsp3) is 0.182. The van der Waals surface area contributed by atoms with Gasteiger partial charge in [-0.25, -0.2) is 17.9 Å². The molecule has 0 aliphatic rings. The first-order valence-corrected chi connectivity index (χ1v) is 7.10. The van der Waals surface area contributed by atoms with Crippen molar-refractivity contribution in [2.75, 3.05) is 0 Å². The Kier molecular flexibility index (Phi) is 3.81. The lowest BCUT2D eigenvalue weighted by molar-refractivity contribution is 0.578. The van der Waals surface area contributed by atoms with Crippen molar-refractivity contribution in [3.63, 3.8) is 0 Å². The van der Waals surface area contributed by atoms with E-state index in [4.69, 9.17) is 0 Å². The number of pyridine rings is 1. The second kappa shape index (κ2) is 5.39. The average Bonchev–Trinajstić information content (AvgIpc) is 2.36. The summed E-state index contributed by atoms with van der Waals surface area (Å²) in [7, 11) is -4.02. The Morgan fingerprint density at radius 2 is 1.85 bits per heavy atom. The second-order valence-electron chi connectivity index (χ2n) is 4.04. The van der Waals surface area contributed by atoms with E-state index >= 15 is 0 Å². The molecule has 0 atom stereocenters. The Morgan fingerprint density at radius 1 is 1.20 bits per heavy atom. The number of hydrogen-bond donors (Lipinski definition) is 3. The molecule has 0 saturated heterocycles. The highest BCUT2D eigenvalue weighted by Gasteiger charge is 2.21. The van der Waals surface area contributed by atoms with Crippen LogP contribution in [0.1, 0.15) is 11.3 Å². The van der Waals surface area contributed by atoms with Crippen molar-refractivity contribution in [2.24, 2.45) is 0 Å². The minimum Gasteiger partial charge on any atom is -0.310 e. The molecule has 2 rings (SSSR count). The summed E-state index contributed by atoms with van der Waals surface area (Å²) in [5.74, 6) is 0. The molecule has 2 aromatic rings. The largest absolute Gasteiger partial charge is 0.325 e. The molecular weight excluding hydrogens is 284 g/mol. The molecule has 8 nitrogen and oxygen atoms in total. The van der Waals surface area contributed by atoms with Gasteiger partial charge in [0, 0.05) is 24.6 Å². The number of nitrogens with zero attached hydrogens (tertiary/aromatic N) is 1. The first-order valence-electron chi connectivity index (χ1n) is 5.62. The number of H-pyrrole nitrogens is 2. The van der Waals surface area contributed by atoms with Crippen LogP contribution in [-0.4, -0.2) is 23.4 Å². The normalized spacial score (nSPS) is 11.4. The molecule has 0 amide bonds. The zero-order valence-electron chi connectivity index (χ0n) is 10.5. The minimum atomic E-state index is -4.02. The van der Waals surface area contributed by atoms with Crippen molar-refractivity contribution < 1.29 is 8.42 Å². The number of sulfonamides is 1. The Bertz CT molecular complexity index is 823. The van der Waals surface area contributed by atoms with Crippen molar-refractivity contribution in [1.29, 1.82) is 0 Å². The summed E-state index contributed by atoms with van der Waals surface area (Å²) in [6.07, 6.45) is 3.06. The van der Waals surface area contributed by atoms with Crippen LogP contribution in [0.3, 0.4) is 0 Å². The maximum Gasteiger partial charge on any atom is 0.325 e. The predicted octanol–water partition coefficient (Wildman–Crippen LogP) is -0.755. The standard InChI is InChI=1S/C11H12N4O4S/c1-7-9(10(16)15-11(17)14-7)20(18,19)13-6-8-2-4-12-5-3-8/h2-5,13H,6H2,1H3,(H2,14,15,16,17). The van der Waals surface area contributed by atoms with Gasteiger partial charge in [0.05, 0.1) is 0 Å². The summed E-state index contributed by atoms with van der Waals surface area (Å²) >= 11 is 0. The molecule has 0 fully saturated rings. The average molecular weight is 296 g/mol. The van der Waals surface area contributed by atoms with E-state index in [9.17, 15) is 18.0 Å². The number of rotatable bonds is 4. The lowest BCUT2D eigenvalue weighted by atomic mass is 10.3. The maximum atomic E-state index is 12.1. The molecule has 0 unspecified atom stereocenters. The van der Waals surface area contributed by atoms with Crippen LogP contribution in [0.25, 0.3) is 0 Å². The van der Waals surface area contributed by atoms with Crippen LogP contribution in [0.5, 0.6) is 0 Å². The Hall–Kier alpha value is -2.26. The number of aromatic nitrogens is 3. The quantitative estimate of drug-likeness (QED) is 0.684. The molecule has 106 valence electrons. The predicted molar refractivity (Wildman–Crippen MR) is 70.7 cm³/mol. The lowest BCUT2D eigenvalue weighted by Gasteiger charge is -2.07. The highest BCUT2D eigenvalue weighted by Crippen LogP contribution is 2.06. The third-order valence-electron chi connectivity index (χ3n) is 2.56. The Morgan fingerprint density at radius 3 is 2.45 bits per heavy atom. The second-order valence-corrected chi connectivity index (χ2v) is 5.75. The van der Waals surface area contributed by atoms with E-state index in [2.05, 4.69) is 14.7 Å². The Labute approximate surface area is 114 Å². The molecule has 0 spiro atoms. The zero-order valence-corrected chi connectivity index (χ0v) is 11.3. The molecule has 0 saturated carbocycles. The van der Waals surface area contributed by atoms with E-state index in [1.165, 1.54) is 19.3 Å². The van der Waals surface area contributed by atoms with Crippen molar-refractivity contribution in [1.82, 2.24) is 19.7 Å². The summed E-state index contributed by atoms with van der Waals surface area (Å²) in [5.41, 5.74) is -1.02. The fourth-order valence-electron chi connectivity index (χ4n) is 1.66. The van der Waals surface area contributed by atoms with E-state index in [0.717, 1.165) is 0 Å². The van der Waals surface area contributed by atoms with E-state index in [0.29, 0.717) is 5.56 Å². The molecule has 2 aromatic heterocycles. The van der Waals surface area contributed by atoms with Crippen LogP contribution in [0, 0.1) is 6.92 Å². The van der Waals surface area contributed by atoms with E-state index in [1.807, 2.05) is 4.98 Å². The number of aryl methyl sites for hydroxylation is 1. The first kappa shape index (κ1) is 14.2. The third-order valence-corrected chi connectivity index (χ3v) is 4.11. The smallest absolute Gasteiger partial charge is 0.310 e. The summed E-state index contributed by atoms with van der Waals surface area (Å²) in [5, 5.41) is 0. The SMILES string of the molecule is Cc1[nH]c(=O)[nH]c(=O)c1S(=O)(=O)NCc1ccncc1. The van der Waals surface area contributed by atoms with Gasteiger partial charge in [-0.15, -0.1) is 0 Å². The van der Waals surface area contributed by atoms with Crippen LogP contribution >= 0.6 is 0 Å². The van der Waals surface area contributed by atoms with Gasteiger partial charge in [-0.3, -0.25) is 14.8 Å². The van der Waals surface area contributed by atoms with Gasteiger partial charge in [0.15, 0.2) is 4.90 Å². The van der Waals surface area contributed by atoms with Gasteiger partial charge >= 0.3 is 5.69 Å². The summed E-state index contributed by atoms with van der Waals surface area (Å²) < 4.78 is 26.5. The highest BCUT2D eigenvalue weighted by molar-refractivity contribution is 7.89. The number of nitrogens with one attached hydrogen (secondary N) is 3. The molecule has 0 aromatic carbocycles. The third kappa shape index (κ3) is 3.00.